The minimum absolute atomic E-state index is 0.501. The van der Waals surface area contributed by atoms with E-state index in [4.69, 9.17) is 5.73 Å². The highest BCUT2D eigenvalue weighted by Crippen LogP contribution is 2.13. The number of nitrogen functional groups attached to an aromatic ring is 1. The average molecular weight is 148 g/mol. The number of hydrogen-bond acceptors (Lipinski definition) is 2. The lowest BCUT2D eigenvalue weighted by molar-refractivity contribution is 0.429. The summed E-state index contributed by atoms with van der Waals surface area (Å²) >= 11 is 0. The lowest BCUT2D eigenvalue weighted by atomic mass is 10.4. The lowest BCUT2D eigenvalue weighted by Gasteiger charge is -1.95. The molecule has 5 heteroatoms. The Morgan fingerprint density at radius 2 is 1.80 bits per heavy atom. The van der Waals surface area contributed by atoms with Crippen molar-refractivity contribution in [3.8, 4) is 0 Å². The van der Waals surface area contributed by atoms with E-state index in [9.17, 15) is 13.2 Å². The number of rotatable bonds is 0. The molecule has 0 unspecified atom stereocenters. The van der Waals surface area contributed by atoms with Gasteiger partial charge >= 0.3 is 0 Å². The number of pyridine rings is 1. The predicted octanol–water partition coefficient (Wildman–Crippen LogP) is 1.08. The Morgan fingerprint density at radius 3 is 2.30 bits per heavy atom. The number of hydrogen-bond donors (Lipinski definition) is 1. The van der Waals surface area contributed by atoms with Gasteiger partial charge < -0.3 is 5.73 Å². The molecule has 0 radical (unpaired) electrons. The maximum atomic E-state index is 12.2. The minimum Gasteiger partial charge on any atom is -0.395 e. The molecule has 0 aromatic carbocycles. The second-order valence-corrected chi connectivity index (χ2v) is 1.63. The molecule has 0 aliphatic carbocycles. The molecule has 2 N–H and O–H groups in total. The van der Waals surface area contributed by atoms with Gasteiger partial charge in [-0.25, -0.2) is 9.37 Å². The van der Waals surface area contributed by atoms with Crippen molar-refractivity contribution >= 4 is 5.69 Å². The van der Waals surface area contributed by atoms with Crippen LogP contribution in [0.5, 0.6) is 0 Å². The summed E-state index contributed by atoms with van der Waals surface area (Å²) in [6, 6.07) is 0. The molecule has 0 aliphatic heterocycles. The van der Waals surface area contributed by atoms with Crippen LogP contribution in [0.1, 0.15) is 0 Å². The molecule has 0 bridgehead atoms. The first-order valence-electron chi connectivity index (χ1n) is 2.38. The van der Waals surface area contributed by atoms with Crippen LogP contribution in [-0.4, -0.2) is 4.98 Å². The standard InChI is InChI=1S/C5H3F3N2/c6-3-2(9)1-10-5(8)4(3)7/h1H,9H2. The first kappa shape index (κ1) is 6.85. The third-order valence-electron chi connectivity index (χ3n) is 0.944. The van der Waals surface area contributed by atoms with Crippen molar-refractivity contribution in [2.24, 2.45) is 0 Å². The molecule has 0 saturated carbocycles. The van der Waals surface area contributed by atoms with Crippen LogP contribution >= 0.6 is 0 Å². The van der Waals surface area contributed by atoms with Gasteiger partial charge in [0.2, 0.25) is 5.82 Å². The third kappa shape index (κ3) is 0.896. The fraction of sp³-hybridized carbons (Fsp3) is 0. The van der Waals surface area contributed by atoms with Crippen LogP contribution in [0, 0.1) is 17.6 Å². The summed E-state index contributed by atoms with van der Waals surface area (Å²) in [5.74, 6) is -4.51. The Bertz CT molecular complexity index is 234. The van der Waals surface area contributed by atoms with Crippen molar-refractivity contribution in [3.05, 3.63) is 23.8 Å². The van der Waals surface area contributed by atoms with E-state index in [1.54, 1.807) is 0 Å². The van der Waals surface area contributed by atoms with Crippen molar-refractivity contribution < 1.29 is 13.2 Å². The maximum Gasteiger partial charge on any atom is 0.252 e. The number of nitrogens with zero attached hydrogens (tertiary/aromatic N) is 1. The second-order valence-electron chi connectivity index (χ2n) is 1.63. The van der Waals surface area contributed by atoms with Crippen LogP contribution in [0.4, 0.5) is 18.9 Å². The van der Waals surface area contributed by atoms with Gasteiger partial charge in [0, 0.05) is 0 Å². The molecule has 1 aromatic heterocycles. The van der Waals surface area contributed by atoms with E-state index < -0.39 is 23.3 Å². The van der Waals surface area contributed by atoms with Crippen LogP contribution in [0.3, 0.4) is 0 Å². The Kier molecular flexibility index (Phi) is 1.48. The predicted molar refractivity (Wildman–Crippen MR) is 28.5 cm³/mol. The zero-order valence-corrected chi connectivity index (χ0v) is 4.74. The molecule has 0 atom stereocenters. The third-order valence-corrected chi connectivity index (χ3v) is 0.944. The van der Waals surface area contributed by atoms with E-state index in [-0.39, 0.29) is 0 Å². The molecule has 0 aliphatic rings. The van der Waals surface area contributed by atoms with Crippen molar-refractivity contribution in [2.45, 2.75) is 0 Å². The van der Waals surface area contributed by atoms with Crippen LogP contribution in [0.25, 0.3) is 0 Å². The topological polar surface area (TPSA) is 38.9 Å². The van der Waals surface area contributed by atoms with Crippen LogP contribution in [0.2, 0.25) is 0 Å². The summed E-state index contributed by atoms with van der Waals surface area (Å²) in [6.07, 6.45) is 0.716. The normalized spacial score (nSPS) is 9.90. The Hall–Kier alpha value is -1.26. The number of aromatic nitrogens is 1. The van der Waals surface area contributed by atoms with Crippen LogP contribution in [-0.2, 0) is 0 Å². The fourth-order valence-corrected chi connectivity index (χ4v) is 0.457. The minimum atomic E-state index is -1.64. The monoisotopic (exact) mass is 148 g/mol. The number of anilines is 1. The highest BCUT2D eigenvalue weighted by atomic mass is 19.2. The molecule has 0 fully saturated rings. The zero-order chi connectivity index (χ0) is 7.72. The highest BCUT2D eigenvalue weighted by Gasteiger charge is 2.11. The smallest absolute Gasteiger partial charge is 0.252 e. The van der Waals surface area contributed by atoms with E-state index in [2.05, 4.69) is 4.98 Å². The van der Waals surface area contributed by atoms with Crippen molar-refractivity contribution in [1.82, 2.24) is 4.98 Å². The lowest BCUT2D eigenvalue weighted by Crippen LogP contribution is -1.99. The summed E-state index contributed by atoms with van der Waals surface area (Å²) in [6.45, 7) is 0. The number of halogens is 3. The van der Waals surface area contributed by atoms with Gasteiger partial charge in [-0.2, -0.15) is 8.78 Å². The summed E-state index contributed by atoms with van der Waals surface area (Å²) < 4.78 is 36.3. The molecule has 2 nitrogen and oxygen atoms in total. The summed E-state index contributed by atoms with van der Waals surface area (Å²) in [7, 11) is 0. The van der Waals surface area contributed by atoms with E-state index >= 15 is 0 Å². The Morgan fingerprint density at radius 1 is 1.20 bits per heavy atom. The summed E-state index contributed by atoms with van der Waals surface area (Å²) in [5, 5.41) is 0. The largest absolute Gasteiger partial charge is 0.395 e. The van der Waals surface area contributed by atoms with Crippen molar-refractivity contribution in [1.29, 1.82) is 0 Å². The highest BCUT2D eigenvalue weighted by molar-refractivity contribution is 5.36. The quantitative estimate of drug-likeness (QED) is 0.559. The van der Waals surface area contributed by atoms with Gasteiger partial charge in [0.05, 0.1) is 11.9 Å². The van der Waals surface area contributed by atoms with Crippen molar-refractivity contribution in [2.75, 3.05) is 5.73 Å². The molecular formula is C5H3F3N2. The molecule has 54 valence electrons. The fourth-order valence-electron chi connectivity index (χ4n) is 0.457. The first-order chi connectivity index (χ1) is 4.63. The summed E-state index contributed by atoms with van der Waals surface area (Å²) in [5.41, 5.74) is 4.34. The molecular weight excluding hydrogens is 145 g/mol. The number of nitrogens with two attached hydrogens (primary N) is 1. The van der Waals surface area contributed by atoms with Crippen LogP contribution < -0.4 is 5.73 Å². The van der Waals surface area contributed by atoms with E-state index in [1.807, 2.05) is 0 Å². The first-order valence-corrected chi connectivity index (χ1v) is 2.38. The van der Waals surface area contributed by atoms with Gasteiger partial charge in [-0.05, 0) is 0 Å². The molecule has 1 heterocycles. The Labute approximate surface area is 54.5 Å². The average Bonchev–Trinajstić information content (AvgIpc) is 1.93. The molecule has 1 aromatic rings. The van der Waals surface area contributed by atoms with Gasteiger partial charge in [0.25, 0.3) is 5.95 Å². The molecule has 10 heavy (non-hydrogen) atoms. The van der Waals surface area contributed by atoms with E-state index in [0.717, 1.165) is 0 Å². The Balaban J connectivity index is 3.34. The molecule has 1 rings (SSSR count). The van der Waals surface area contributed by atoms with Gasteiger partial charge in [-0.15, -0.1) is 0 Å². The van der Waals surface area contributed by atoms with Gasteiger partial charge in [0.15, 0.2) is 5.82 Å². The SMILES string of the molecule is Nc1cnc(F)c(F)c1F. The van der Waals surface area contributed by atoms with Crippen molar-refractivity contribution in [3.63, 3.8) is 0 Å². The maximum absolute atomic E-state index is 12.2. The van der Waals surface area contributed by atoms with Crippen LogP contribution in [0.15, 0.2) is 6.20 Å². The van der Waals surface area contributed by atoms with E-state index in [0.29, 0.717) is 6.20 Å². The van der Waals surface area contributed by atoms with E-state index in [1.165, 1.54) is 0 Å². The molecule has 0 spiro atoms. The van der Waals surface area contributed by atoms with Gasteiger partial charge in [0.1, 0.15) is 0 Å². The molecule has 0 amide bonds. The zero-order valence-electron chi connectivity index (χ0n) is 4.74. The van der Waals surface area contributed by atoms with Gasteiger partial charge in [-0.1, -0.05) is 0 Å². The molecule has 0 saturated heterocycles. The summed E-state index contributed by atoms with van der Waals surface area (Å²) in [4.78, 5) is 2.83. The van der Waals surface area contributed by atoms with Gasteiger partial charge in [-0.3, -0.25) is 0 Å². The second kappa shape index (κ2) is 2.17.